The molecular weight excluding hydrogens is 397 g/mol. The number of aliphatic hydroxyl groups is 1. The lowest BCUT2D eigenvalue weighted by molar-refractivity contribution is -0.205. The maximum atomic E-state index is 12.4. The lowest BCUT2D eigenvalue weighted by Crippen LogP contribution is -2.47. The van der Waals surface area contributed by atoms with Gasteiger partial charge in [0.2, 0.25) is 0 Å². The zero-order valence-corrected chi connectivity index (χ0v) is 18.8. The van der Waals surface area contributed by atoms with Gasteiger partial charge in [0.15, 0.2) is 0 Å². The van der Waals surface area contributed by atoms with Gasteiger partial charge in [0.25, 0.3) is 0 Å². The van der Waals surface area contributed by atoms with Crippen molar-refractivity contribution in [3.63, 3.8) is 0 Å². The summed E-state index contributed by atoms with van der Waals surface area (Å²) in [6, 6.07) is 6.94. The van der Waals surface area contributed by atoms with E-state index >= 15 is 0 Å². The van der Waals surface area contributed by atoms with Gasteiger partial charge in [-0.2, -0.15) is 13.2 Å². The number of allylic oxidation sites excluding steroid dienone is 1. The molecule has 1 nitrogen and oxygen atoms in total. The Bertz CT molecular complexity index is 800. The number of unbranched alkanes of at least 4 members (excludes halogenated alkanes) is 2. The maximum Gasteiger partial charge on any atom is 0.414 e. The van der Waals surface area contributed by atoms with Crippen molar-refractivity contribution in [2.45, 2.75) is 102 Å². The predicted octanol–water partition coefficient (Wildman–Crippen LogP) is 7.52. The summed E-state index contributed by atoms with van der Waals surface area (Å²) >= 11 is 0. The van der Waals surface area contributed by atoms with Crippen molar-refractivity contribution in [2.75, 3.05) is 0 Å². The minimum atomic E-state index is -4.49. The van der Waals surface area contributed by atoms with Gasteiger partial charge in [-0.05, 0) is 97.1 Å². The molecule has 0 amide bonds. The van der Waals surface area contributed by atoms with Crippen molar-refractivity contribution in [2.24, 2.45) is 16.7 Å². The molecule has 0 aromatic heterocycles. The summed E-state index contributed by atoms with van der Waals surface area (Å²) in [4.78, 5) is 0. The number of aryl methyl sites for hydroxylation is 2. The van der Waals surface area contributed by atoms with Crippen LogP contribution in [0.3, 0.4) is 0 Å². The summed E-state index contributed by atoms with van der Waals surface area (Å²) in [6.45, 7) is 6.85. The number of hydrogen-bond donors (Lipinski definition) is 1. The van der Waals surface area contributed by atoms with Gasteiger partial charge < -0.3 is 5.11 Å². The molecule has 0 spiro atoms. The number of rotatable bonds is 7. The van der Waals surface area contributed by atoms with E-state index in [0.29, 0.717) is 24.2 Å². The Morgan fingerprint density at radius 3 is 2.71 bits per heavy atom. The molecule has 0 bridgehead atoms. The Kier molecular flexibility index (Phi) is 6.33. The van der Waals surface area contributed by atoms with Gasteiger partial charge in [-0.3, -0.25) is 0 Å². The number of hydrogen-bond acceptors (Lipinski definition) is 1. The SMILES string of the molecule is C=C[C@@]12CCc3cc(CCCCCC(O)C(F)(F)F)ccc3[C@H]1CC[C@]1(C)CCC[C@H]12. The summed E-state index contributed by atoms with van der Waals surface area (Å²) < 4.78 is 37.2. The van der Waals surface area contributed by atoms with Crippen LogP contribution >= 0.6 is 0 Å². The van der Waals surface area contributed by atoms with Crippen LogP contribution in [0.5, 0.6) is 0 Å². The molecule has 4 rings (SSSR count). The third-order valence-corrected chi connectivity index (χ3v) is 8.99. The first-order valence-electron chi connectivity index (χ1n) is 12.2. The topological polar surface area (TPSA) is 20.2 Å². The number of benzene rings is 1. The Morgan fingerprint density at radius 2 is 1.97 bits per heavy atom. The molecular formula is C27H37F3O. The summed E-state index contributed by atoms with van der Waals surface area (Å²) in [6.07, 6.45) is 7.29. The smallest absolute Gasteiger partial charge is 0.384 e. The highest BCUT2D eigenvalue weighted by Crippen LogP contribution is 2.67. The average Bonchev–Trinajstić information content (AvgIpc) is 3.14. The summed E-state index contributed by atoms with van der Waals surface area (Å²) in [5.74, 6) is 1.35. The molecule has 2 saturated carbocycles. The highest BCUT2D eigenvalue weighted by atomic mass is 19.4. The average molecular weight is 435 g/mol. The first-order valence-corrected chi connectivity index (χ1v) is 12.2. The van der Waals surface area contributed by atoms with E-state index in [2.05, 4.69) is 37.8 Å². The highest BCUT2D eigenvalue weighted by Gasteiger charge is 2.57. The fourth-order valence-corrected chi connectivity index (χ4v) is 7.34. The minimum absolute atomic E-state index is 0.195. The van der Waals surface area contributed by atoms with Crippen LogP contribution in [0, 0.1) is 16.7 Å². The second-order valence-corrected chi connectivity index (χ2v) is 10.7. The molecule has 1 aromatic carbocycles. The number of halogens is 3. The van der Waals surface area contributed by atoms with Crippen LogP contribution in [0.1, 0.15) is 93.7 Å². The van der Waals surface area contributed by atoms with E-state index in [0.717, 1.165) is 25.2 Å². The van der Waals surface area contributed by atoms with Gasteiger partial charge in [0.05, 0.1) is 0 Å². The van der Waals surface area contributed by atoms with Crippen molar-refractivity contribution < 1.29 is 18.3 Å². The molecule has 31 heavy (non-hydrogen) atoms. The highest BCUT2D eigenvalue weighted by molar-refractivity contribution is 5.41. The van der Waals surface area contributed by atoms with Gasteiger partial charge >= 0.3 is 6.18 Å². The van der Waals surface area contributed by atoms with Crippen molar-refractivity contribution in [3.8, 4) is 0 Å². The Labute approximate surface area is 185 Å². The molecule has 2 fully saturated rings. The van der Waals surface area contributed by atoms with Crippen molar-refractivity contribution in [1.29, 1.82) is 0 Å². The molecule has 0 aliphatic heterocycles. The van der Waals surface area contributed by atoms with Crippen LogP contribution in [0.15, 0.2) is 30.9 Å². The van der Waals surface area contributed by atoms with E-state index in [1.165, 1.54) is 55.2 Å². The van der Waals surface area contributed by atoms with Crippen LogP contribution in [0.4, 0.5) is 13.2 Å². The quantitative estimate of drug-likeness (QED) is 0.348. The first-order chi connectivity index (χ1) is 14.7. The standard InChI is InChI=1S/C27H37F3O/c1-3-26-17-13-20-18-19(8-5-4-6-10-24(31)27(28,29)30)11-12-21(20)22(26)14-16-25(2)15-7-9-23(25)26/h3,11-12,18,22-24,31H,1,4-10,13-17H2,2H3/t22-,23-,24?,25+,26-/m1/s1. The minimum Gasteiger partial charge on any atom is -0.384 e. The number of aliphatic hydroxyl groups excluding tert-OH is 1. The summed E-state index contributed by atoms with van der Waals surface area (Å²) in [5.41, 5.74) is 5.04. The lowest BCUT2D eigenvalue weighted by atomic mass is 9.47. The molecule has 3 aliphatic rings. The van der Waals surface area contributed by atoms with Crippen LogP contribution in [-0.2, 0) is 12.8 Å². The molecule has 172 valence electrons. The second kappa shape index (κ2) is 8.57. The molecule has 0 heterocycles. The summed E-state index contributed by atoms with van der Waals surface area (Å²) in [5, 5.41) is 9.11. The maximum absolute atomic E-state index is 12.4. The summed E-state index contributed by atoms with van der Waals surface area (Å²) in [7, 11) is 0. The van der Waals surface area contributed by atoms with E-state index in [-0.39, 0.29) is 11.8 Å². The third-order valence-electron chi connectivity index (χ3n) is 8.99. The zero-order chi connectivity index (χ0) is 22.3. The molecule has 3 aliphatic carbocycles. The van der Waals surface area contributed by atoms with Gasteiger partial charge in [0.1, 0.15) is 6.10 Å². The van der Waals surface area contributed by atoms with Crippen molar-refractivity contribution in [3.05, 3.63) is 47.5 Å². The van der Waals surface area contributed by atoms with Crippen molar-refractivity contribution in [1.82, 2.24) is 0 Å². The Balaban J connectivity index is 1.39. The van der Waals surface area contributed by atoms with E-state index in [1.807, 2.05) is 0 Å². The number of fused-ring (bicyclic) bond motifs is 5. The predicted molar refractivity (Wildman–Crippen MR) is 119 cm³/mol. The Morgan fingerprint density at radius 1 is 1.16 bits per heavy atom. The third kappa shape index (κ3) is 4.21. The van der Waals surface area contributed by atoms with Gasteiger partial charge in [-0.15, -0.1) is 6.58 Å². The van der Waals surface area contributed by atoms with E-state index < -0.39 is 12.3 Å². The molecule has 0 saturated heterocycles. The largest absolute Gasteiger partial charge is 0.414 e. The number of alkyl halides is 3. The molecule has 0 radical (unpaired) electrons. The van der Waals surface area contributed by atoms with Crippen LogP contribution < -0.4 is 0 Å². The second-order valence-electron chi connectivity index (χ2n) is 10.7. The normalized spacial score (nSPS) is 33.3. The Hall–Kier alpha value is -1.29. The van der Waals surface area contributed by atoms with E-state index in [9.17, 15) is 13.2 Å². The van der Waals surface area contributed by atoms with Gasteiger partial charge in [0, 0.05) is 0 Å². The van der Waals surface area contributed by atoms with Crippen molar-refractivity contribution >= 4 is 0 Å². The molecule has 1 aromatic rings. The van der Waals surface area contributed by atoms with Crippen LogP contribution in [0.25, 0.3) is 0 Å². The molecule has 1 unspecified atom stereocenters. The van der Waals surface area contributed by atoms with Crippen LogP contribution in [-0.4, -0.2) is 17.4 Å². The first kappa shape index (κ1) is 22.9. The van der Waals surface area contributed by atoms with Gasteiger partial charge in [-0.25, -0.2) is 0 Å². The molecule has 1 N–H and O–H groups in total. The molecule has 4 heteroatoms. The van der Waals surface area contributed by atoms with Gasteiger partial charge in [-0.1, -0.05) is 50.5 Å². The zero-order valence-electron chi connectivity index (χ0n) is 18.8. The van der Waals surface area contributed by atoms with E-state index in [1.54, 1.807) is 0 Å². The fraction of sp³-hybridized carbons (Fsp3) is 0.704. The lowest BCUT2D eigenvalue weighted by Gasteiger charge is -2.56. The van der Waals surface area contributed by atoms with E-state index in [4.69, 9.17) is 5.11 Å². The van der Waals surface area contributed by atoms with Crippen LogP contribution in [0.2, 0.25) is 0 Å². The fourth-order valence-electron chi connectivity index (χ4n) is 7.34. The molecule has 5 atom stereocenters. The monoisotopic (exact) mass is 434 g/mol.